The Kier molecular flexibility index (Phi) is 6.27. The molecule has 0 saturated carbocycles. The Bertz CT molecular complexity index is 514. The average molecular weight is 305 g/mol. The molecule has 1 rings (SSSR count). The fourth-order valence-corrected chi connectivity index (χ4v) is 2.72. The largest absolute Gasteiger partial charge is 0.370 e. The molecule has 0 aliphatic rings. The maximum absolute atomic E-state index is 11.9. The first-order chi connectivity index (χ1) is 8.95. The number of alkyl halides is 1. The number of halogens is 1. The molecule has 0 atom stereocenters. The minimum absolute atomic E-state index is 0.205. The molecular formula is C12H17ClN2O3S. The van der Waals surface area contributed by atoms with Gasteiger partial charge in [-0.25, -0.2) is 13.1 Å². The highest BCUT2D eigenvalue weighted by Crippen LogP contribution is 2.12. The quantitative estimate of drug-likeness (QED) is 0.561. The van der Waals surface area contributed by atoms with Crippen molar-refractivity contribution in [2.45, 2.75) is 30.0 Å². The molecule has 0 radical (unpaired) electrons. The van der Waals surface area contributed by atoms with Gasteiger partial charge >= 0.3 is 0 Å². The Labute approximate surface area is 118 Å². The van der Waals surface area contributed by atoms with Gasteiger partial charge in [0.05, 0.1) is 4.90 Å². The summed E-state index contributed by atoms with van der Waals surface area (Å²) in [5, 5.41) is 0. The number of carbonyl (C=O) groups is 1. The number of amides is 1. The maximum Gasteiger partial charge on any atom is 0.240 e. The molecule has 3 N–H and O–H groups in total. The zero-order valence-corrected chi connectivity index (χ0v) is 12.0. The van der Waals surface area contributed by atoms with Crippen molar-refractivity contribution < 1.29 is 13.2 Å². The summed E-state index contributed by atoms with van der Waals surface area (Å²) in [6.07, 6.45) is 1.41. The summed E-state index contributed by atoms with van der Waals surface area (Å²) in [5.41, 5.74) is 5.85. The first-order valence-corrected chi connectivity index (χ1v) is 7.90. The minimum Gasteiger partial charge on any atom is -0.370 e. The van der Waals surface area contributed by atoms with Gasteiger partial charge in [-0.05, 0) is 30.5 Å². The van der Waals surface area contributed by atoms with E-state index >= 15 is 0 Å². The number of sulfonamides is 1. The zero-order chi connectivity index (χ0) is 14.3. The molecule has 1 aromatic rings. The summed E-state index contributed by atoms with van der Waals surface area (Å²) in [6, 6.07) is 6.39. The van der Waals surface area contributed by atoms with Gasteiger partial charge in [0.15, 0.2) is 0 Å². The van der Waals surface area contributed by atoms with Gasteiger partial charge in [-0.3, -0.25) is 4.79 Å². The lowest BCUT2D eigenvalue weighted by Gasteiger charge is -2.06. The predicted octanol–water partition coefficient (Wildman–Crippen LogP) is 1.36. The van der Waals surface area contributed by atoms with Crippen LogP contribution in [0, 0.1) is 0 Å². The molecule has 0 fully saturated rings. The highest BCUT2D eigenvalue weighted by atomic mass is 35.5. The smallest absolute Gasteiger partial charge is 0.240 e. The molecule has 0 aliphatic heterocycles. The second-order valence-electron chi connectivity index (χ2n) is 4.10. The third kappa shape index (κ3) is 5.59. The summed E-state index contributed by atoms with van der Waals surface area (Å²) in [6.45, 7) is 0.285. The Morgan fingerprint density at radius 3 is 2.37 bits per heavy atom. The number of primary amides is 1. The monoisotopic (exact) mass is 304 g/mol. The molecule has 19 heavy (non-hydrogen) atoms. The van der Waals surface area contributed by atoms with Crippen LogP contribution in [0.1, 0.15) is 24.8 Å². The second-order valence-corrected chi connectivity index (χ2v) is 6.13. The Hall–Kier alpha value is -1.11. The van der Waals surface area contributed by atoms with Gasteiger partial charge in [0.2, 0.25) is 15.9 Å². The zero-order valence-electron chi connectivity index (χ0n) is 10.4. The van der Waals surface area contributed by atoms with E-state index < -0.39 is 10.0 Å². The van der Waals surface area contributed by atoms with Crippen LogP contribution in [0.15, 0.2) is 29.2 Å². The fraction of sp³-hybridized carbons (Fsp3) is 0.417. The van der Waals surface area contributed by atoms with E-state index in [0.29, 0.717) is 18.7 Å². The van der Waals surface area contributed by atoms with Crippen LogP contribution >= 0.6 is 11.6 Å². The van der Waals surface area contributed by atoms with Gasteiger partial charge in [-0.15, -0.1) is 11.6 Å². The van der Waals surface area contributed by atoms with Gasteiger partial charge in [0.1, 0.15) is 0 Å². The maximum atomic E-state index is 11.9. The Balaban J connectivity index is 2.48. The van der Waals surface area contributed by atoms with Gasteiger partial charge in [0, 0.05) is 18.8 Å². The van der Waals surface area contributed by atoms with Crippen molar-refractivity contribution in [2.75, 3.05) is 6.54 Å². The highest BCUT2D eigenvalue weighted by Gasteiger charge is 2.12. The van der Waals surface area contributed by atoms with Crippen LogP contribution in [0.4, 0.5) is 0 Å². The van der Waals surface area contributed by atoms with E-state index in [1.165, 1.54) is 12.1 Å². The summed E-state index contributed by atoms with van der Waals surface area (Å²) in [5.74, 6) is -0.0274. The summed E-state index contributed by atoms with van der Waals surface area (Å²) < 4.78 is 26.3. The molecule has 0 aromatic heterocycles. The first kappa shape index (κ1) is 15.9. The van der Waals surface area contributed by atoms with Gasteiger partial charge in [0.25, 0.3) is 0 Å². The predicted molar refractivity (Wildman–Crippen MR) is 74.2 cm³/mol. The molecular weight excluding hydrogens is 288 g/mol. The molecule has 106 valence electrons. The Morgan fingerprint density at radius 1 is 1.21 bits per heavy atom. The van der Waals surface area contributed by atoms with Crippen LogP contribution in [0.25, 0.3) is 0 Å². The van der Waals surface area contributed by atoms with Crippen molar-refractivity contribution in [3.05, 3.63) is 29.8 Å². The number of carbonyl (C=O) groups excluding carboxylic acids is 1. The van der Waals surface area contributed by atoms with Crippen molar-refractivity contribution in [1.82, 2.24) is 4.72 Å². The number of benzene rings is 1. The molecule has 0 aliphatic carbocycles. The molecule has 7 heteroatoms. The van der Waals surface area contributed by atoms with Crippen LogP contribution in [0.3, 0.4) is 0 Å². The normalized spacial score (nSPS) is 11.4. The van der Waals surface area contributed by atoms with E-state index in [4.69, 9.17) is 17.3 Å². The molecule has 0 heterocycles. The van der Waals surface area contributed by atoms with Crippen LogP contribution in [0.5, 0.6) is 0 Å². The number of unbranched alkanes of at least 4 members (excludes halogenated alkanes) is 1. The number of rotatable bonds is 8. The van der Waals surface area contributed by atoms with Crippen LogP contribution < -0.4 is 10.5 Å². The Morgan fingerprint density at radius 2 is 1.84 bits per heavy atom. The van der Waals surface area contributed by atoms with Gasteiger partial charge in [-0.2, -0.15) is 0 Å². The molecule has 0 unspecified atom stereocenters. The fourth-order valence-electron chi connectivity index (χ4n) is 1.47. The van der Waals surface area contributed by atoms with Crippen molar-refractivity contribution >= 4 is 27.5 Å². The third-order valence-electron chi connectivity index (χ3n) is 2.53. The number of nitrogens with two attached hydrogens (primary N) is 1. The van der Waals surface area contributed by atoms with Gasteiger partial charge < -0.3 is 5.73 Å². The topological polar surface area (TPSA) is 89.3 Å². The van der Waals surface area contributed by atoms with Crippen LogP contribution in [-0.4, -0.2) is 20.9 Å². The average Bonchev–Trinajstić information content (AvgIpc) is 2.38. The number of hydrogen-bond donors (Lipinski definition) is 2. The van der Waals surface area contributed by atoms with Crippen molar-refractivity contribution in [2.24, 2.45) is 5.73 Å². The van der Waals surface area contributed by atoms with Crippen molar-refractivity contribution in [1.29, 1.82) is 0 Å². The third-order valence-corrected chi connectivity index (χ3v) is 4.32. The van der Waals surface area contributed by atoms with E-state index in [9.17, 15) is 13.2 Å². The molecule has 0 bridgehead atoms. The lowest BCUT2D eigenvalue weighted by atomic mass is 10.2. The van der Waals surface area contributed by atoms with Crippen molar-refractivity contribution in [3.63, 3.8) is 0 Å². The molecule has 1 aromatic carbocycles. The molecule has 0 spiro atoms. The lowest BCUT2D eigenvalue weighted by Crippen LogP contribution is -2.25. The van der Waals surface area contributed by atoms with E-state index in [2.05, 4.69) is 4.72 Å². The summed E-state index contributed by atoms with van der Waals surface area (Å²) in [7, 11) is -3.50. The summed E-state index contributed by atoms with van der Waals surface area (Å²) in [4.78, 5) is 10.7. The van der Waals surface area contributed by atoms with E-state index in [1.54, 1.807) is 12.1 Å². The number of nitrogens with one attached hydrogen (secondary N) is 1. The highest BCUT2D eigenvalue weighted by molar-refractivity contribution is 7.89. The molecule has 1 amide bonds. The van der Waals surface area contributed by atoms with E-state index in [1.807, 2.05) is 0 Å². The van der Waals surface area contributed by atoms with E-state index in [-0.39, 0.29) is 23.8 Å². The van der Waals surface area contributed by atoms with Gasteiger partial charge in [-0.1, -0.05) is 12.1 Å². The minimum atomic E-state index is -3.50. The standard InChI is InChI=1S/C12H17ClN2O3S/c13-9-10-4-6-11(7-5-10)19(17,18)15-8-2-1-3-12(14)16/h4-7,15H,1-3,8-9H2,(H2,14,16). The van der Waals surface area contributed by atoms with Crippen LogP contribution in [0.2, 0.25) is 0 Å². The summed E-state index contributed by atoms with van der Waals surface area (Å²) >= 11 is 5.63. The van der Waals surface area contributed by atoms with Crippen LogP contribution in [-0.2, 0) is 20.7 Å². The molecule has 5 nitrogen and oxygen atoms in total. The molecule has 0 saturated heterocycles. The second kappa shape index (κ2) is 7.47. The van der Waals surface area contributed by atoms with Crippen molar-refractivity contribution in [3.8, 4) is 0 Å². The lowest BCUT2D eigenvalue weighted by molar-refractivity contribution is -0.118. The first-order valence-electron chi connectivity index (χ1n) is 5.88. The number of hydrogen-bond acceptors (Lipinski definition) is 3. The SMILES string of the molecule is NC(=O)CCCCNS(=O)(=O)c1ccc(CCl)cc1. The van der Waals surface area contributed by atoms with E-state index in [0.717, 1.165) is 5.56 Å².